The van der Waals surface area contributed by atoms with E-state index in [0.29, 0.717) is 12.5 Å². The molecule has 0 aliphatic heterocycles. The lowest BCUT2D eigenvalue weighted by Gasteiger charge is -2.34. The number of allylic oxidation sites excluding steroid dienone is 1. The fourth-order valence-electron chi connectivity index (χ4n) is 2.73. The van der Waals surface area contributed by atoms with E-state index in [4.69, 9.17) is 5.73 Å². The third-order valence-electron chi connectivity index (χ3n) is 3.82. The van der Waals surface area contributed by atoms with E-state index in [1.165, 1.54) is 6.42 Å². The second kappa shape index (κ2) is 6.53. The quantitative estimate of drug-likeness (QED) is 0.825. The van der Waals surface area contributed by atoms with E-state index in [0.717, 1.165) is 18.4 Å². The maximum absolute atomic E-state index is 11.3. The second-order valence-corrected chi connectivity index (χ2v) is 5.19. The average molecular weight is 258 g/mol. The van der Waals surface area contributed by atoms with Crippen molar-refractivity contribution < 1.29 is 4.79 Å². The van der Waals surface area contributed by atoms with E-state index in [1.54, 1.807) is 0 Å². The molecule has 19 heavy (non-hydrogen) atoms. The number of amides is 1. The molecule has 1 aliphatic rings. The Morgan fingerprint density at radius 1 is 1.42 bits per heavy atom. The fraction of sp³-hybridized carbons (Fsp3) is 0.438. The minimum atomic E-state index is -0.250. The number of hydrogen-bond acceptors (Lipinski definition) is 2. The van der Waals surface area contributed by atoms with Crippen molar-refractivity contribution in [2.75, 3.05) is 7.05 Å². The van der Waals surface area contributed by atoms with Crippen molar-refractivity contribution in [1.29, 1.82) is 0 Å². The van der Waals surface area contributed by atoms with Crippen LogP contribution >= 0.6 is 0 Å². The third kappa shape index (κ3) is 3.67. The highest BCUT2D eigenvalue weighted by Crippen LogP contribution is 2.28. The summed E-state index contributed by atoms with van der Waals surface area (Å²) in [6, 6.07) is 10.6. The van der Waals surface area contributed by atoms with Crippen LogP contribution in [-0.2, 0) is 4.79 Å². The third-order valence-corrected chi connectivity index (χ3v) is 3.82. The van der Waals surface area contributed by atoms with Gasteiger partial charge < -0.3 is 5.73 Å². The lowest BCUT2D eigenvalue weighted by Crippen LogP contribution is -2.36. The molecule has 0 radical (unpaired) electrons. The number of nitrogens with zero attached hydrogens (tertiary/aromatic N) is 1. The molecule has 0 bridgehead atoms. The first kappa shape index (κ1) is 13.8. The highest BCUT2D eigenvalue weighted by atomic mass is 16.1. The Kier molecular flexibility index (Phi) is 4.74. The zero-order valence-corrected chi connectivity index (χ0v) is 11.5. The Hall–Kier alpha value is -1.61. The van der Waals surface area contributed by atoms with Crippen LogP contribution in [0.15, 0.2) is 42.5 Å². The predicted octanol–water partition coefficient (Wildman–Crippen LogP) is 2.64. The SMILES string of the molecule is CN([C@@H]1C=CCCC1)[C@H](CC(N)=O)c1ccccc1. The molecule has 2 rings (SSSR count). The average Bonchev–Trinajstić information content (AvgIpc) is 2.46. The molecule has 0 fully saturated rings. The van der Waals surface area contributed by atoms with Crippen LogP contribution < -0.4 is 5.73 Å². The molecule has 0 saturated heterocycles. The molecule has 0 saturated carbocycles. The molecule has 0 heterocycles. The fourth-order valence-corrected chi connectivity index (χ4v) is 2.73. The van der Waals surface area contributed by atoms with Gasteiger partial charge >= 0.3 is 0 Å². The number of carbonyl (C=O) groups is 1. The summed E-state index contributed by atoms with van der Waals surface area (Å²) < 4.78 is 0. The molecule has 2 atom stereocenters. The molecule has 2 N–H and O–H groups in total. The molecule has 1 aromatic carbocycles. The number of rotatable bonds is 5. The maximum atomic E-state index is 11.3. The minimum Gasteiger partial charge on any atom is -0.370 e. The van der Waals surface area contributed by atoms with Crippen molar-refractivity contribution in [2.45, 2.75) is 37.8 Å². The Morgan fingerprint density at radius 2 is 2.16 bits per heavy atom. The summed E-state index contributed by atoms with van der Waals surface area (Å²) in [6.07, 6.45) is 8.37. The van der Waals surface area contributed by atoms with Crippen LogP contribution in [0.2, 0.25) is 0 Å². The number of carbonyl (C=O) groups excluding carboxylic acids is 1. The van der Waals surface area contributed by atoms with Crippen LogP contribution in [0.1, 0.15) is 37.3 Å². The molecule has 0 aromatic heterocycles. The Bertz CT molecular complexity index is 441. The smallest absolute Gasteiger partial charge is 0.219 e. The molecule has 3 heteroatoms. The normalized spacial score (nSPS) is 20.4. The van der Waals surface area contributed by atoms with Crippen molar-refractivity contribution in [3.63, 3.8) is 0 Å². The van der Waals surface area contributed by atoms with Gasteiger partial charge in [0.2, 0.25) is 5.91 Å². The van der Waals surface area contributed by atoms with Gasteiger partial charge in [0.15, 0.2) is 0 Å². The summed E-state index contributed by atoms with van der Waals surface area (Å²) in [5.41, 5.74) is 6.57. The van der Waals surface area contributed by atoms with E-state index < -0.39 is 0 Å². The van der Waals surface area contributed by atoms with Crippen LogP contribution in [0.3, 0.4) is 0 Å². The van der Waals surface area contributed by atoms with E-state index in [2.05, 4.69) is 36.2 Å². The maximum Gasteiger partial charge on any atom is 0.219 e. The monoisotopic (exact) mass is 258 g/mol. The van der Waals surface area contributed by atoms with Gasteiger partial charge in [-0.15, -0.1) is 0 Å². The van der Waals surface area contributed by atoms with Gasteiger partial charge in [0.05, 0.1) is 0 Å². The molecule has 1 amide bonds. The lowest BCUT2D eigenvalue weighted by molar-refractivity contribution is -0.119. The summed E-state index contributed by atoms with van der Waals surface area (Å²) in [7, 11) is 2.08. The Morgan fingerprint density at radius 3 is 2.74 bits per heavy atom. The van der Waals surface area contributed by atoms with Gasteiger partial charge in [-0.3, -0.25) is 9.69 Å². The molecule has 0 unspecified atom stereocenters. The van der Waals surface area contributed by atoms with E-state index >= 15 is 0 Å². The zero-order chi connectivity index (χ0) is 13.7. The first-order valence-electron chi connectivity index (χ1n) is 6.90. The van der Waals surface area contributed by atoms with Crippen molar-refractivity contribution in [3.05, 3.63) is 48.0 Å². The largest absolute Gasteiger partial charge is 0.370 e. The number of benzene rings is 1. The van der Waals surface area contributed by atoms with Crippen molar-refractivity contribution in [3.8, 4) is 0 Å². The summed E-state index contributed by atoms with van der Waals surface area (Å²) in [6.45, 7) is 0. The first-order chi connectivity index (χ1) is 9.18. The lowest BCUT2D eigenvalue weighted by atomic mass is 9.96. The van der Waals surface area contributed by atoms with Gasteiger partial charge in [-0.05, 0) is 31.9 Å². The molecule has 3 nitrogen and oxygen atoms in total. The molecule has 0 spiro atoms. The number of hydrogen-bond donors (Lipinski definition) is 1. The van der Waals surface area contributed by atoms with Gasteiger partial charge in [0.25, 0.3) is 0 Å². The van der Waals surface area contributed by atoms with Crippen LogP contribution in [0, 0.1) is 0 Å². The summed E-state index contributed by atoms with van der Waals surface area (Å²) >= 11 is 0. The number of primary amides is 1. The zero-order valence-electron chi connectivity index (χ0n) is 11.5. The molecule has 102 valence electrons. The number of likely N-dealkylation sites (N-methyl/N-ethyl adjacent to an activating group) is 1. The van der Waals surface area contributed by atoms with Gasteiger partial charge in [-0.25, -0.2) is 0 Å². The molecule has 1 aromatic rings. The van der Waals surface area contributed by atoms with Crippen LogP contribution in [0.25, 0.3) is 0 Å². The van der Waals surface area contributed by atoms with E-state index in [-0.39, 0.29) is 11.9 Å². The molecular weight excluding hydrogens is 236 g/mol. The van der Waals surface area contributed by atoms with Crippen LogP contribution in [0.4, 0.5) is 0 Å². The van der Waals surface area contributed by atoms with Gasteiger partial charge in [0, 0.05) is 18.5 Å². The molecule has 1 aliphatic carbocycles. The Labute approximate surface area is 115 Å². The highest BCUT2D eigenvalue weighted by Gasteiger charge is 2.24. The van der Waals surface area contributed by atoms with Gasteiger partial charge in [0.1, 0.15) is 0 Å². The topological polar surface area (TPSA) is 46.3 Å². The molecular formula is C16H22N2O. The first-order valence-corrected chi connectivity index (χ1v) is 6.90. The Balaban J connectivity index is 2.19. The minimum absolute atomic E-state index is 0.0615. The van der Waals surface area contributed by atoms with E-state index in [9.17, 15) is 4.79 Å². The van der Waals surface area contributed by atoms with E-state index in [1.807, 2.05) is 18.2 Å². The van der Waals surface area contributed by atoms with Crippen molar-refractivity contribution in [2.24, 2.45) is 5.73 Å². The van der Waals surface area contributed by atoms with Crippen LogP contribution in [0.5, 0.6) is 0 Å². The van der Waals surface area contributed by atoms with Gasteiger partial charge in [-0.1, -0.05) is 42.5 Å². The predicted molar refractivity (Wildman–Crippen MR) is 77.5 cm³/mol. The van der Waals surface area contributed by atoms with Crippen molar-refractivity contribution in [1.82, 2.24) is 4.90 Å². The second-order valence-electron chi connectivity index (χ2n) is 5.19. The highest BCUT2D eigenvalue weighted by molar-refractivity contribution is 5.74. The van der Waals surface area contributed by atoms with Gasteiger partial charge in [-0.2, -0.15) is 0 Å². The van der Waals surface area contributed by atoms with Crippen LogP contribution in [-0.4, -0.2) is 23.9 Å². The summed E-state index contributed by atoms with van der Waals surface area (Å²) in [5, 5.41) is 0. The number of nitrogens with two attached hydrogens (primary N) is 1. The summed E-state index contributed by atoms with van der Waals surface area (Å²) in [4.78, 5) is 13.6. The standard InChI is InChI=1S/C16H22N2O/c1-18(14-10-6-3-7-11-14)15(12-16(17)19)13-8-4-2-5-9-13/h2,4-6,8-10,14-15H,3,7,11-12H2,1H3,(H2,17,19)/t14-,15-/m1/s1. The summed E-state index contributed by atoms with van der Waals surface area (Å²) in [5.74, 6) is -0.250. The van der Waals surface area contributed by atoms with Crippen molar-refractivity contribution >= 4 is 5.91 Å².